The topological polar surface area (TPSA) is 75.3 Å². The van der Waals surface area contributed by atoms with Crippen LogP contribution in [0.1, 0.15) is 6.92 Å². The van der Waals surface area contributed by atoms with E-state index in [1.54, 1.807) is 11.4 Å². The van der Waals surface area contributed by atoms with E-state index in [4.69, 9.17) is 0 Å². The molecule has 16 heavy (non-hydrogen) atoms. The lowest BCUT2D eigenvalue weighted by atomic mass is 10.6. The molecule has 0 bridgehead atoms. The number of hydrogen-bond donors (Lipinski definition) is 2. The summed E-state index contributed by atoms with van der Waals surface area (Å²) in [4.78, 5) is 10.6. The molecule has 0 spiro atoms. The summed E-state index contributed by atoms with van der Waals surface area (Å²) in [6.45, 7) is 1.83. The lowest BCUT2D eigenvalue weighted by Gasteiger charge is -2.05. The standard InChI is InChI=1S/C8H11BrN2O3S2/c1-6(12)10-3-4-11-16(13,14)8-7(9)2-5-15-8/h2,5,11H,3-4H2,1H3,(H,10,12). The Morgan fingerprint density at radius 1 is 1.50 bits per heavy atom. The number of nitrogens with one attached hydrogen (secondary N) is 2. The minimum Gasteiger partial charge on any atom is -0.355 e. The molecule has 8 heteroatoms. The Morgan fingerprint density at radius 3 is 2.69 bits per heavy atom. The highest BCUT2D eigenvalue weighted by Crippen LogP contribution is 2.26. The van der Waals surface area contributed by atoms with Crippen LogP contribution in [0.4, 0.5) is 0 Å². The molecule has 1 aromatic rings. The Hall–Kier alpha value is -0.440. The molecule has 0 aliphatic rings. The Balaban J connectivity index is 2.54. The number of sulfonamides is 1. The normalized spacial score (nSPS) is 11.4. The minimum absolute atomic E-state index is 0.173. The van der Waals surface area contributed by atoms with Crippen LogP contribution < -0.4 is 10.0 Å². The smallest absolute Gasteiger partial charge is 0.251 e. The third kappa shape index (κ3) is 3.85. The van der Waals surface area contributed by atoms with Crippen molar-refractivity contribution in [3.05, 3.63) is 15.9 Å². The van der Waals surface area contributed by atoms with Crippen molar-refractivity contribution in [2.24, 2.45) is 0 Å². The number of halogens is 1. The van der Waals surface area contributed by atoms with E-state index in [9.17, 15) is 13.2 Å². The van der Waals surface area contributed by atoms with Crippen LogP contribution in [0.2, 0.25) is 0 Å². The summed E-state index contributed by atoms with van der Waals surface area (Å²) in [5, 5.41) is 4.19. The molecular weight excluding hydrogens is 316 g/mol. The quantitative estimate of drug-likeness (QED) is 0.790. The molecule has 0 fully saturated rings. The fourth-order valence-electron chi connectivity index (χ4n) is 0.961. The minimum atomic E-state index is -3.48. The maximum absolute atomic E-state index is 11.7. The van der Waals surface area contributed by atoms with Crippen LogP contribution in [0.5, 0.6) is 0 Å². The SMILES string of the molecule is CC(=O)NCCNS(=O)(=O)c1sccc1Br. The summed E-state index contributed by atoms with van der Waals surface area (Å²) < 4.78 is 26.6. The summed E-state index contributed by atoms with van der Waals surface area (Å²) in [6.07, 6.45) is 0. The van der Waals surface area contributed by atoms with Crippen molar-refractivity contribution in [2.75, 3.05) is 13.1 Å². The zero-order valence-electron chi connectivity index (χ0n) is 8.49. The van der Waals surface area contributed by atoms with Crippen LogP contribution in [0.3, 0.4) is 0 Å². The van der Waals surface area contributed by atoms with Crippen LogP contribution in [0, 0.1) is 0 Å². The third-order valence-corrected chi connectivity index (χ3v) is 5.75. The van der Waals surface area contributed by atoms with Gasteiger partial charge in [-0.15, -0.1) is 11.3 Å². The zero-order chi connectivity index (χ0) is 12.2. The Labute approximate surface area is 106 Å². The Bertz CT molecular complexity index is 469. The second kappa shape index (κ2) is 5.76. The van der Waals surface area contributed by atoms with Gasteiger partial charge in [-0.1, -0.05) is 0 Å². The second-order valence-corrected chi connectivity index (χ2v) is 6.67. The maximum Gasteiger partial charge on any atom is 0.251 e. The van der Waals surface area contributed by atoms with Crippen LogP contribution >= 0.6 is 27.3 Å². The van der Waals surface area contributed by atoms with Gasteiger partial charge in [0, 0.05) is 24.5 Å². The molecule has 0 atom stereocenters. The molecule has 1 heterocycles. The summed E-state index contributed by atoms with van der Waals surface area (Å²) in [7, 11) is -3.48. The first-order valence-corrected chi connectivity index (χ1v) is 7.56. The highest BCUT2D eigenvalue weighted by molar-refractivity contribution is 9.10. The molecule has 0 aromatic carbocycles. The van der Waals surface area contributed by atoms with E-state index >= 15 is 0 Å². The lowest BCUT2D eigenvalue weighted by molar-refractivity contribution is -0.118. The molecule has 0 saturated carbocycles. The Kier molecular flexibility index (Phi) is 4.90. The van der Waals surface area contributed by atoms with Gasteiger partial charge in [-0.3, -0.25) is 4.79 Å². The van der Waals surface area contributed by atoms with Crippen LogP contribution in [0.25, 0.3) is 0 Å². The van der Waals surface area contributed by atoms with E-state index < -0.39 is 10.0 Å². The van der Waals surface area contributed by atoms with Gasteiger partial charge in [0.05, 0.1) is 0 Å². The molecule has 0 aliphatic heterocycles. The number of hydrogen-bond acceptors (Lipinski definition) is 4. The second-order valence-electron chi connectivity index (χ2n) is 2.94. The van der Waals surface area contributed by atoms with Gasteiger partial charge in [-0.2, -0.15) is 0 Å². The van der Waals surface area contributed by atoms with Gasteiger partial charge in [-0.25, -0.2) is 13.1 Å². The number of thiophene rings is 1. The molecule has 2 N–H and O–H groups in total. The molecule has 0 radical (unpaired) electrons. The highest BCUT2D eigenvalue weighted by atomic mass is 79.9. The van der Waals surface area contributed by atoms with E-state index in [2.05, 4.69) is 26.0 Å². The molecule has 0 unspecified atom stereocenters. The van der Waals surface area contributed by atoms with Gasteiger partial charge >= 0.3 is 0 Å². The van der Waals surface area contributed by atoms with Crippen molar-refractivity contribution in [3.63, 3.8) is 0 Å². The van der Waals surface area contributed by atoms with Crippen molar-refractivity contribution >= 4 is 43.2 Å². The molecule has 5 nitrogen and oxygen atoms in total. The monoisotopic (exact) mass is 326 g/mol. The molecule has 1 amide bonds. The van der Waals surface area contributed by atoms with Crippen LogP contribution in [0.15, 0.2) is 20.1 Å². The van der Waals surface area contributed by atoms with Gasteiger partial charge in [0.15, 0.2) is 0 Å². The predicted octanol–water partition coefficient (Wildman–Crippen LogP) is 0.925. The van der Waals surface area contributed by atoms with E-state index in [1.165, 1.54) is 6.92 Å². The van der Waals surface area contributed by atoms with Gasteiger partial charge in [0.1, 0.15) is 4.21 Å². The van der Waals surface area contributed by atoms with E-state index in [1.807, 2.05) is 0 Å². The van der Waals surface area contributed by atoms with Gasteiger partial charge in [0.25, 0.3) is 10.0 Å². The summed E-state index contributed by atoms with van der Waals surface area (Å²) in [5.74, 6) is -0.184. The molecule has 0 saturated heterocycles. The van der Waals surface area contributed by atoms with Crippen LogP contribution in [-0.2, 0) is 14.8 Å². The average molecular weight is 327 g/mol. The summed E-state index contributed by atoms with van der Waals surface area (Å²) in [6, 6.07) is 1.67. The largest absolute Gasteiger partial charge is 0.355 e. The van der Waals surface area contributed by atoms with Gasteiger partial charge < -0.3 is 5.32 Å². The number of amides is 1. The number of carbonyl (C=O) groups excluding carboxylic acids is 1. The average Bonchev–Trinajstić information content (AvgIpc) is 2.59. The maximum atomic E-state index is 11.7. The molecular formula is C8H11BrN2O3S2. The Morgan fingerprint density at radius 2 is 2.19 bits per heavy atom. The van der Waals surface area contributed by atoms with E-state index in [-0.39, 0.29) is 23.2 Å². The fourth-order valence-corrected chi connectivity index (χ4v) is 4.37. The van der Waals surface area contributed by atoms with Crippen molar-refractivity contribution in [1.29, 1.82) is 0 Å². The van der Waals surface area contributed by atoms with Crippen molar-refractivity contribution in [2.45, 2.75) is 11.1 Å². The van der Waals surface area contributed by atoms with E-state index in [0.29, 0.717) is 4.47 Å². The van der Waals surface area contributed by atoms with Crippen molar-refractivity contribution < 1.29 is 13.2 Å². The number of rotatable bonds is 5. The molecule has 1 aromatic heterocycles. The van der Waals surface area contributed by atoms with Crippen LogP contribution in [-0.4, -0.2) is 27.4 Å². The summed E-state index contributed by atoms with van der Waals surface area (Å²) >= 11 is 4.29. The van der Waals surface area contributed by atoms with Crippen molar-refractivity contribution in [1.82, 2.24) is 10.0 Å². The van der Waals surface area contributed by atoms with Gasteiger partial charge in [0.2, 0.25) is 5.91 Å². The van der Waals surface area contributed by atoms with Gasteiger partial charge in [-0.05, 0) is 27.4 Å². The highest BCUT2D eigenvalue weighted by Gasteiger charge is 2.18. The first-order valence-electron chi connectivity index (χ1n) is 4.40. The molecule has 90 valence electrons. The fraction of sp³-hybridized carbons (Fsp3) is 0.375. The van der Waals surface area contributed by atoms with Crippen molar-refractivity contribution in [3.8, 4) is 0 Å². The molecule has 1 rings (SSSR count). The first-order chi connectivity index (χ1) is 7.43. The number of carbonyl (C=O) groups is 1. The first kappa shape index (κ1) is 13.6. The third-order valence-electron chi connectivity index (χ3n) is 1.62. The molecule has 0 aliphatic carbocycles. The van der Waals surface area contributed by atoms with E-state index in [0.717, 1.165) is 11.3 Å². The lowest BCUT2D eigenvalue weighted by Crippen LogP contribution is -2.33. The predicted molar refractivity (Wildman–Crippen MR) is 65.9 cm³/mol. The summed E-state index contributed by atoms with van der Waals surface area (Å²) in [5.41, 5.74) is 0. The zero-order valence-corrected chi connectivity index (χ0v) is 11.7.